The molecule has 0 saturated heterocycles. The van der Waals surface area contributed by atoms with Gasteiger partial charge in [-0.3, -0.25) is 4.79 Å². The largest absolute Gasteiger partial charge is 0.493 e. The molecule has 2 aromatic carbocycles. The number of carbonyl (C=O) groups excluding carboxylic acids is 1. The van der Waals surface area contributed by atoms with E-state index in [0.29, 0.717) is 33.7 Å². The van der Waals surface area contributed by atoms with Gasteiger partial charge in [-0.15, -0.1) is 0 Å². The van der Waals surface area contributed by atoms with E-state index in [4.69, 9.17) is 9.47 Å². The lowest BCUT2D eigenvalue weighted by molar-refractivity contribution is 0.103. The van der Waals surface area contributed by atoms with Crippen molar-refractivity contribution in [2.45, 2.75) is 13.8 Å². The summed E-state index contributed by atoms with van der Waals surface area (Å²) in [7, 11) is 1.54. The Labute approximate surface area is 155 Å². The summed E-state index contributed by atoms with van der Waals surface area (Å²) >= 11 is 3.44. The normalized spacial score (nSPS) is 10.9. The first-order valence-electron chi connectivity index (χ1n) is 7.74. The first kappa shape index (κ1) is 18.8. The van der Waals surface area contributed by atoms with Crippen LogP contribution in [0.5, 0.6) is 11.5 Å². The number of ether oxygens (including phenoxy) is 2. The Morgan fingerprint density at radius 2 is 2.04 bits per heavy atom. The van der Waals surface area contributed by atoms with Crippen molar-refractivity contribution in [2.24, 2.45) is 0 Å². The van der Waals surface area contributed by atoms with Crippen molar-refractivity contribution in [1.82, 2.24) is 0 Å². The Kier molecular flexibility index (Phi) is 6.37. The Morgan fingerprint density at radius 3 is 2.64 bits per heavy atom. The van der Waals surface area contributed by atoms with Gasteiger partial charge >= 0.3 is 0 Å². The number of aryl methyl sites for hydroxylation is 1. The van der Waals surface area contributed by atoms with Crippen molar-refractivity contribution >= 4 is 27.8 Å². The number of nitrogens with zero attached hydrogens (tertiary/aromatic N) is 1. The molecule has 0 atom stereocenters. The number of benzene rings is 2. The highest BCUT2D eigenvalue weighted by Crippen LogP contribution is 2.37. The SMILES string of the molecule is CCOc1c(Br)cc(/C=C(\C#N)C(=O)c2ccccc2C)cc1OC. The van der Waals surface area contributed by atoms with Crippen LogP contribution in [-0.2, 0) is 0 Å². The fourth-order valence-electron chi connectivity index (χ4n) is 2.40. The van der Waals surface area contributed by atoms with Crippen molar-refractivity contribution < 1.29 is 14.3 Å². The summed E-state index contributed by atoms with van der Waals surface area (Å²) in [5, 5.41) is 9.44. The third kappa shape index (κ3) is 4.28. The summed E-state index contributed by atoms with van der Waals surface area (Å²) in [6, 6.07) is 12.7. The Bertz CT molecular complexity index is 866. The molecule has 0 heterocycles. The molecule has 0 aromatic heterocycles. The number of Topliss-reactive ketones (excluding diaryl/α,β-unsaturated/α-hetero) is 1. The number of hydrogen-bond acceptors (Lipinski definition) is 4. The molecule has 128 valence electrons. The third-order valence-corrected chi connectivity index (χ3v) is 4.20. The second-order valence-electron chi connectivity index (χ2n) is 5.28. The van der Waals surface area contributed by atoms with E-state index in [2.05, 4.69) is 15.9 Å². The number of nitriles is 1. The van der Waals surface area contributed by atoms with Crippen LogP contribution in [0.3, 0.4) is 0 Å². The van der Waals surface area contributed by atoms with Crippen molar-refractivity contribution in [3.05, 3.63) is 63.1 Å². The van der Waals surface area contributed by atoms with E-state index in [1.807, 2.05) is 32.0 Å². The lowest BCUT2D eigenvalue weighted by Crippen LogP contribution is -2.04. The molecule has 2 rings (SSSR count). The predicted molar refractivity (Wildman–Crippen MR) is 101 cm³/mol. The maximum atomic E-state index is 12.7. The number of halogens is 1. The summed E-state index contributed by atoms with van der Waals surface area (Å²) in [6.07, 6.45) is 1.55. The number of hydrogen-bond donors (Lipinski definition) is 0. The van der Waals surface area contributed by atoms with Crippen LogP contribution in [0.15, 0.2) is 46.4 Å². The summed E-state index contributed by atoms with van der Waals surface area (Å²) in [4.78, 5) is 12.7. The van der Waals surface area contributed by atoms with Crippen LogP contribution in [0.4, 0.5) is 0 Å². The van der Waals surface area contributed by atoms with E-state index in [0.717, 1.165) is 5.56 Å². The van der Waals surface area contributed by atoms with Crippen LogP contribution in [0, 0.1) is 18.3 Å². The summed E-state index contributed by atoms with van der Waals surface area (Å²) in [5.74, 6) is 0.818. The maximum Gasteiger partial charge on any atom is 0.203 e. The average molecular weight is 400 g/mol. The van der Waals surface area contributed by atoms with Crippen molar-refractivity contribution in [2.75, 3.05) is 13.7 Å². The molecule has 0 fully saturated rings. The summed E-state index contributed by atoms with van der Waals surface area (Å²) in [5.41, 5.74) is 2.09. The molecule has 25 heavy (non-hydrogen) atoms. The quantitative estimate of drug-likeness (QED) is 0.391. The standard InChI is InChI=1S/C20H18BrNO3/c1-4-25-20-17(21)10-14(11-18(20)24-3)9-15(12-22)19(23)16-8-6-5-7-13(16)2/h5-11H,4H2,1-3H3/b15-9+. The monoisotopic (exact) mass is 399 g/mol. The van der Waals surface area contributed by atoms with Gasteiger partial charge in [-0.05, 0) is 59.1 Å². The minimum Gasteiger partial charge on any atom is -0.493 e. The molecule has 0 aliphatic heterocycles. The van der Waals surface area contributed by atoms with Gasteiger partial charge in [-0.1, -0.05) is 24.3 Å². The Balaban J connectivity index is 2.47. The predicted octanol–water partition coefficient (Wildman–Crippen LogP) is 4.95. The molecule has 0 unspecified atom stereocenters. The van der Waals surface area contributed by atoms with Gasteiger partial charge in [-0.2, -0.15) is 5.26 Å². The number of allylic oxidation sites excluding steroid dienone is 1. The van der Waals surface area contributed by atoms with Gasteiger partial charge in [0.05, 0.1) is 18.2 Å². The molecular weight excluding hydrogens is 382 g/mol. The van der Waals surface area contributed by atoms with E-state index in [9.17, 15) is 10.1 Å². The molecule has 0 amide bonds. The van der Waals surface area contributed by atoms with Gasteiger partial charge in [0.25, 0.3) is 0 Å². The van der Waals surface area contributed by atoms with Crippen molar-refractivity contribution in [3.63, 3.8) is 0 Å². The van der Waals surface area contributed by atoms with Crippen molar-refractivity contribution in [1.29, 1.82) is 5.26 Å². The van der Waals surface area contributed by atoms with Crippen LogP contribution in [0.2, 0.25) is 0 Å². The minimum absolute atomic E-state index is 0.0624. The summed E-state index contributed by atoms with van der Waals surface area (Å²) in [6.45, 7) is 4.23. The molecule has 0 aliphatic carbocycles. The number of methoxy groups -OCH3 is 1. The molecule has 0 aliphatic rings. The van der Waals surface area contributed by atoms with Crippen LogP contribution in [0.1, 0.15) is 28.4 Å². The molecule has 2 aromatic rings. The maximum absolute atomic E-state index is 12.7. The van der Waals surface area contributed by atoms with Crippen molar-refractivity contribution in [3.8, 4) is 17.6 Å². The van der Waals surface area contributed by atoms with E-state index >= 15 is 0 Å². The highest BCUT2D eigenvalue weighted by molar-refractivity contribution is 9.10. The van der Waals surface area contributed by atoms with Crippen LogP contribution < -0.4 is 9.47 Å². The van der Waals surface area contributed by atoms with Gasteiger partial charge in [-0.25, -0.2) is 0 Å². The number of ketones is 1. The second kappa shape index (κ2) is 8.50. The number of carbonyl (C=O) groups is 1. The lowest BCUT2D eigenvalue weighted by Gasteiger charge is -2.12. The fourth-order valence-corrected chi connectivity index (χ4v) is 2.97. The van der Waals surface area contributed by atoms with Gasteiger partial charge in [0.2, 0.25) is 5.78 Å². The van der Waals surface area contributed by atoms with E-state index < -0.39 is 0 Å². The van der Waals surface area contributed by atoms with E-state index in [1.165, 1.54) is 0 Å². The smallest absolute Gasteiger partial charge is 0.203 e. The van der Waals surface area contributed by atoms with E-state index in [1.54, 1.807) is 37.5 Å². The fraction of sp³-hybridized carbons (Fsp3) is 0.200. The zero-order chi connectivity index (χ0) is 18.4. The molecule has 0 N–H and O–H groups in total. The number of rotatable bonds is 6. The zero-order valence-corrected chi connectivity index (χ0v) is 15.9. The highest BCUT2D eigenvalue weighted by Gasteiger charge is 2.16. The Hall–Kier alpha value is -2.58. The molecule has 5 heteroatoms. The second-order valence-corrected chi connectivity index (χ2v) is 6.14. The molecule has 0 saturated carbocycles. The third-order valence-electron chi connectivity index (χ3n) is 3.61. The molecule has 0 spiro atoms. The van der Waals surface area contributed by atoms with E-state index in [-0.39, 0.29) is 11.4 Å². The van der Waals surface area contributed by atoms with Gasteiger partial charge in [0.15, 0.2) is 11.5 Å². The topological polar surface area (TPSA) is 59.3 Å². The average Bonchev–Trinajstić information content (AvgIpc) is 2.61. The molecule has 4 nitrogen and oxygen atoms in total. The minimum atomic E-state index is -0.301. The van der Waals surface area contributed by atoms with Gasteiger partial charge in [0.1, 0.15) is 11.6 Å². The lowest BCUT2D eigenvalue weighted by atomic mass is 9.98. The molecule has 0 radical (unpaired) electrons. The highest BCUT2D eigenvalue weighted by atomic mass is 79.9. The molecule has 0 bridgehead atoms. The van der Waals surface area contributed by atoms with Crippen LogP contribution >= 0.6 is 15.9 Å². The van der Waals surface area contributed by atoms with Gasteiger partial charge < -0.3 is 9.47 Å². The van der Waals surface area contributed by atoms with Crippen LogP contribution in [-0.4, -0.2) is 19.5 Å². The van der Waals surface area contributed by atoms with Crippen LogP contribution in [0.25, 0.3) is 6.08 Å². The first-order valence-corrected chi connectivity index (χ1v) is 8.53. The summed E-state index contributed by atoms with van der Waals surface area (Å²) < 4.78 is 11.6. The van der Waals surface area contributed by atoms with Gasteiger partial charge in [0, 0.05) is 5.56 Å². The zero-order valence-electron chi connectivity index (χ0n) is 14.3. The first-order chi connectivity index (χ1) is 12.0. The molecular formula is C20H18BrNO3. The Morgan fingerprint density at radius 1 is 1.32 bits per heavy atom.